The van der Waals surface area contributed by atoms with Crippen LogP contribution in [0.5, 0.6) is 0 Å². The monoisotopic (exact) mass is 277 g/mol. The molecule has 0 fully saturated rings. The lowest BCUT2D eigenvalue weighted by Crippen LogP contribution is -2.11. The van der Waals surface area contributed by atoms with E-state index in [1.54, 1.807) is 11.8 Å². The highest BCUT2D eigenvalue weighted by atomic mass is 32.2. The summed E-state index contributed by atoms with van der Waals surface area (Å²) in [6.45, 7) is 4.16. The van der Waals surface area contributed by atoms with Crippen molar-refractivity contribution < 1.29 is 4.42 Å². The van der Waals surface area contributed by atoms with Crippen LogP contribution >= 0.6 is 11.8 Å². The molecule has 0 aliphatic heterocycles. The summed E-state index contributed by atoms with van der Waals surface area (Å²) in [5.41, 5.74) is 1.28. The van der Waals surface area contributed by atoms with Crippen molar-refractivity contribution in [2.45, 2.75) is 37.0 Å². The van der Waals surface area contributed by atoms with E-state index in [4.69, 9.17) is 4.42 Å². The number of aryl methyl sites for hydroxylation is 1. The molecule has 5 heteroatoms. The number of nitrogens with zero attached hydrogens (tertiary/aromatic N) is 2. The zero-order valence-corrected chi connectivity index (χ0v) is 12.3. The highest BCUT2D eigenvalue weighted by molar-refractivity contribution is 7.98. The minimum Gasteiger partial charge on any atom is -0.424 e. The highest BCUT2D eigenvalue weighted by Gasteiger charge is 2.07. The van der Waals surface area contributed by atoms with E-state index in [0.717, 1.165) is 6.42 Å². The molecule has 0 bridgehead atoms. The first-order valence-corrected chi connectivity index (χ1v) is 7.42. The van der Waals surface area contributed by atoms with Gasteiger partial charge in [0.15, 0.2) is 0 Å². The molecule has 0 saturated heterocycles. The third kappa shape index (κ3) is 3.81. The first-order chi connectivity index (χ1) is 9.22. The van der Waals surface area contributed by atoms with E-state index in [1.165, 1.54) is 10.5 Å². The third-order valence-electron chi connectivity index (χ3n) is 2.96. The van der Waals surface area contributed by atoms with Gasteiger partial charge in [-0.05, 0) is 31.7 Å². The smallest absolute Gasteiger partial charge is 0.226 e. The van der Waals surface area contributed by atoms with Crippen molar-refractivity contribution in [3.8, 4) is 0 Å². The molecule has 0 radical (unpaired) electrons. The minimum atomic E-state index is 0.357. The minimum absolute atomic E-state index is 0.357. The van der Waals surface area contributed by atoms with Gasteiger partial charge in [-0.2, -0.15) is 0 Å². The molecule has 1 aromatic carbocycles. The Hall–Kier alpha value is -1.33. The molecular formula is C14H19N3OS. The van der Waals surface area contributed by atoms with Crippen molar-refractivity contribution in [2.24, 2.45) is 0 Å². The van der Waals surface area contributed by atoms with Gasteiger partial charge in [-0.25, -0.2) is 0 Å². The maximum absolute atomic E-state index is 5.50. The zero-order chi connectivity index (χ0) is 13.7. The van der Waals surface area contributed by atoms with E-state index >= 15 is 0 Å². The van der Waals surface area contributed by atoms with Crippen LogP contribution in [0.4, 0.5) is 0 Å². The second kappa shape index (κ2) is 6.73. The van der Waals surface area contributed by atoms with Gasteiger partial charge in [0.1, 0.15) is 0 Å². The molecule has 2 rings (SSSR count). The Bertz CT molecular complexity index is 527. The first kappa shape index (κ1) is 14.1. The topological polar surface area (TPSA) is 51.0 Å². The molecule has 1 aromatic heterocycles. The summed E-state index contributed by atoms with van der Waals surface area (Å²) in [6.07, 6.45) is 0.785. The van der Waals surface area contributed by atoms with Crippen LogP contribution in [0.15, 0.2) is 33.6 Å². The number of nitrogens with one attached hydrogen (secondary N) is 1. The average molecular weight is 277 g/mol. The molecular weight excluding hydrogens is 258 g/mol. The van der Waals surface area contributed by atoms with E-state index in [0.29, 0.717) is 23.6 Å². The van der Waals surface area contributed by atoms with Gasteiger partial charge in [0.05, 0.1) is 5.75 Å². The summed E-state index contributed by atoms with van der Waals surface area (Å²) >= 11 is 1.72. The molecule has 0 aliphatic rings. The first-order valence-electron chi connectivity index (χ1n) is 6.44. The Kier molecular flexibility index (Phi) is 4.99. The molecule has 0 spiro atoms. The number of rotatable bonds is 6. The van der Waals surface area contributed by atoms with Crippen LogP contribution in [0.1, 0.15) is 37.2 Å². The number of thioether (sulfide) groups is 1. The molecule has 1 atom stereocenters. The van der Waals surface area contributed by atoms with Crippen LogP contribution in [0.25, 0.3) is 0 Å². The van der Waals surface area contributed by atoms with Crippen molar-refractivity contribution in [1.82, 2.24) is 15.5 Å². The summed E-state index contributed by atoms with van der Waals surface area (Å²) in [6, 6.07) is 8.87. The molecule has 1 N–H and O–H groups in total. The van der Waals surface area contributed by atoms with Gasteiger partial charge in [-0.1, -0.05) is 19.1 Å². The molecule has 1 heterocycles. The Morgan fingerprint density at radius 1 is 1.32 bits per heavy atom. The average Bonchev–Trinajstić information content (AvgIpc) is 2.92. The largest absolute Gasteiger partial charge is 0.424 e. The van der Waals surface area contributed by atoms with Gasteiger partial charge in [0.2, 0.25) is 11.8 Å². The van der Waals surface area contributed by atoms with Gasteiger partial charge in [-0.3, -0.25) is 0 Å². The van der Waals surface area contributed by atoms with Crippen LogP contribution in [0.3, 0.4) is 0 Å². The summed E-state index contributed by atoms with van der Waals surface area (Å²) in [5.74, 6) is 2.10. The summed E-state index contributed by atoms with van der Waals surface area (Å²) in [5, 5.41) is 11.2. The molecule has 0 aliphatic carbocycles. The predicted octanol–water partition coefficient (Wildman–Crippen LogP) is 3.20. The Morgan fingerprint density at radius 3 is 2.79 bits per heavy atom. The number of aromatic nitrogens is 2. The second-order valence-corrected chi connectivity index (χ2v) is 5.36. The van der Waals surface area contributed by atoms with E-state index < -0.39 is 0 Å². The van der Waals surface area contributed by atoms with E-state index in [2.05, 4.69) is 46.7 Å². The lowest BCUT2D eigenvalue weighted by Gasteiger charge is -2.11. The maximum atomic E-state index is 5.50. The van der Waals surface area contributed by atoms with Crippen LogP contribution in [-0.4, -0.2) is 17.2 Å². The fourth-order valence-electron chi connectivity index (χ4n) is 1.67. The fourth-order valence-corrected chi connectivity index (χ4v) is 2.48. The Morgan fingerprint density at radius 2 is 2.11 bits per heavy atom. The lowest BCUT2D eigenvalue weighted by molar-refractivity contribution is 0.470. The molecule has 0 saturated carbocycles. The second-order valence-electron chi connectivity index (χ2n) is 4.31. The number of hydrogen-bond acceptors (Lipinski definition) is 5. The van der Waals surface area contributed by atoms with Gasteiger partial charge >= 0.3 is 0 Å². The Labute approximate surface area is 118 Å². The van der Waals surface area contributed by atoms with Crippen molar-refractivity contribution in [1.29, 1.82) is 0 Å². The summed E-state index contributed by atoms with van der Waals surface area (Å²) < 4.78 is 5.50. The summed E-state index contributed by atoms with van der Waals surface area (Å²) in [4.78, 5) is 1.22. The molecule has 2 aromatic rings. The Balaban J connectivity index is 1.99. The van der Waals surface area contributed by atoms with Crippen LogP contribution < -0.4 is 5.32 Å². The normalized spacial score (nSPS) is 12.6. The predicted molar refractivity (Wildman–Crippen MR) is 77.2 cm³/mol. The standard InChI is InChI=1S/C14H19N3OS/c1-4-13-16-17-14(18-13)9-19-12-7-5-6-11(8-12)10(2)15-3/h5-8,10,15H,4,9H2,1-3H3. The van der Waals surface area contributed by atoms with E-state index in [-0.39, 0.29) is 0 Å². The number of hydrogen-bond donors (Lipinski definition) is 1. The van der Waals surface area contributed by atoms with Crippen LogP contribution in [0.2, 0.25) is 0 Å². The zero-order valence-electron chi connectivity index (χ0n) is 11.5. The van der Waals surface area contributed by atoms with Crippen molar-refractivity contribution in [2.75, 3.05) is 7.05 Å². The molecule has 19 heavy (non-hydrogen) atoms. The third-order valence-corrected chi connectivity index (χ3v) is 3.94. The molecule has 4 nitrogen and oxygen atoms in total. The van der Waals surface area contributed by atoms with Gasteiger partial charge in [0.25, 0.3) is 0 Å². The molecule has 102 valence electrons. The highest BCUT2D eigenvalue weighted by Crippen LogP contribution is 2.25. The van der Waals surface area contributed by atoms with Crippen molar-refractivity contribution in [3.63, 3.8) is 0 Å². The SMILES string of the molecule is CCc1nnc(CSc2cccc(C(C)NC)c2)o1. The van der Waals surface area contributed by atoms with Crippen LogP contribution in [-0.2, 0) is 12.2 Å². The molecule has 1 unspecified atom stereocenters. The van der Waals surface area contributed by atoms with Crippen molar-refractivity contribution in [3.05, 3.63) is 41.6 Å². The van der Waals surface area contributed by atoms with Gasteiger partial charge in [0, 0.05) is 17.4 Å². The fraction of sp³-hybridized carbons (Fsp3) is 0.429. The van der Waals surface area contributed by atoms with Crippen LogP contribution in [0, 0.1) is 0 Å². The maximum Gasteiger partial charge on any atom is 0.226 e. The lowest BCUT2D eigenvalue weighted by atomic mass is 10.1. The summed E-state index contributed by atoms with van der Waals surface area (Å²) in [7, 11) is 1.97. The van der Waals surface area contributed by atoms with Crippen molar-refractivity contribution >= 4 is 11.8 Å². The van der Waals surface area contributed by atoms with E-state index in [9.17, 15) is 0 Å². The molecule has 0 amide bonds. The van der Waals surface area contributed by atoms with E-state index in [1.807, 2.05) is 14.0 Å². The number of benzene rings is 1. The van der Waals surface area contributed by atoms with Gasteiger partial charge < -0.3 is 9.73 Å². The quantitative estimate of drug-likeness (QED) is 0.822. The van der Waals surface area contributed by atoms with Gasteiger partial charge in [-0.15, -0.1) is 22.0 Å².